The molecule has 2 aromatic rings. The molecule has 0 radical (unpaired) electrons. The highest BCUT2D eigenvalue weighted by Gasteiger charge is 2.22. The van der Waals surface area contributed by atoms with E-state index in [1.54, 1.807) is 0 Å². The zero-order chi connectivity index (χ0) is 20.5. The van der Waals surface area contributed by atoms with Crippen molar-refractivity contribution < 1.29 is 22.7 Å². The Balaban J connectivity index is 1.83. The summed E-state index contributed by atoms with van der Waals surface area (Å²) in [5.41, 5.74) is 2.03. The highest BCUT2D eigenvalue weighted by Crippen LogP contribution is 2.35. The summed E-state index contributed by atoms with van der Waals surface area (Å²) in [5.74, 6) is 1.05. The van der Waals surface area contributed by atoms with Gasteiger partial charge in [0.15, 0.2) is 0 Å². The van der Waals surface area contributed by atoms with E-state index in [-0.39, 0.29) is 23.1 Å². The van der Waals surface area contributed by atoms with Gasteiger partial charge in [-0.25, -0.2) is 13.6 Å². The molecule has 0 aliphatic carbocycles. The smallest absolute Gasteiger partial charge is 0.252 e. The molecule has 150 valence electrons. The van der Waals surface area contributed by atoms with Gasteiger partial charge in [0.25, 0.3) is 5.91 Å². The summed E-state index contributed by atoms with van der Waals surface area (Å²) in [6.45, 7) is 4.59. The minimum atomic E-state index is -3.91. The molecule has 2 aromatic carbocycles. The van der Waals surface area contributed by atoms with Gasteiger partial charge in [0.1, 0.15) is 17.6 Å². The standard InChI is InChI=1S/C19H21BrN2O5S/c1-3-26-17-7-12-6-11(2)27-18(12)8-13(17)10-22-19(23)15-9-14(28(21,24)25)4-5-16(15)20/h4-5,7-9,11H,3,6,10H2,1-2H3,(H,22,23)(H2,21,24,25). The normalized spacial score (nSPS) is 15.6. The molecule has 1 unspecified atom stereocenters. The fourth-order valence-corrected chi connectivity index (χ4v) is 4.00. The summed E-state index contributed by atoms with van der Waals surface area (Å²) >= 11 is 3.27. The van der Waals surface area contributed by atoms with E-state index in [1.165, 1.54) is 18.2 Å². The maximum absolute atomic E-state index is 12.6. The van der Waals surface area contributed by atoms with Gasteiger partial charge in [0, 0.05) is 28.6 Å². The van der Waals surface area contributed by atoms with Crippen molar-refractivity contribution in [1.82, 2.24) is 5.32 Å². The Morgan fingerprint density at radius 3 is 2.79 bits per heavy atom. The monoisotopic (exact) mass is 468 g/mol. The SMILES string of the molecule is CCOc1cc2c(cc1CNC(=O)c1cc(S(N)(=O)=O)ccc1Br)OC(C)C2. The van der Waals surface area contributed by atoms with Crippen LogP contribution < -0.4 is 19.9 Å². The molecule has 0 bridgehead atoms. The van der Waals surface area contributed by atoms with Gasteiger partial charge in [-0.05, 0) is 60.1 Å². The Labute approximate surface area is 172 Å². The Hall–Kier alpha value is -2.10. The van der Waals surface area contributed by atoms with Gasteiger partial charge in [-0.2, -0.15) is 0 Å². The summed E-state index contributed by atoms with van der Waals surface area (Å²) in [6.07, 6.45) is 0.918. The Morgan fingerprint density at radius 1 is 1.36 bits per heavy atom. The number of nitrogens with one attached hydrogen (secondary N) is 1. The predicted octanol–water partition coefficient (Wildman–Crippen LogP) is 2.75. The molecule has 28 heavy (non-hydrogen) atoms. The lowest BCUT2D eigenvalue weighted by atomic mass is 10.1. The lowest BCUT2D eigenvalue weighted by Crippen LogP contribution is -2.24. The fourth-order valence-electron chi connectivity index (χ4n) is 3.04. The third-order valence-corrected chi connectivity index (χ3v) is 5.93. The van der Waals surface area contributed by atoms with Crippen molar-refractivity contribution in [2.75, 3.05) is 6.61 Å². The van der Waals surface area contributed by atoms with E-state index in [0.717, 1.165) is 23.3 Å². The zero-order valence-corrected chi connectivity index (χ0v) is 17.9. The summed E-state index contributed by atoms with van der Waals surface area (Å²) < 4.78 is 35.1. The highest BCUT2D eigenvalue weighted by molar-refractivity contribution is 9.10. The minimum absolute atomic E-state index is 0.103. The molecule has 1 aliphatic heterocycles. The Kier molecular flexibility index (Phi) is 5.97. The number of halogens is 1. The number of hydrogen-bond acceptors (Lipinski definition) is 5. The fraction of sp³-hybridized carbons (Fsp3) is 0.316. The van der Waals surface area contributed by atoms with Crippen LogP contribution in [0.4, 0.5) is 0 Å². The number of benzene rings is 2. The first kappa shape index (κ1) is 20.6. The average molecular weight is 469 g/mol. The molecule has 0 aromatic heterocycles. The third kappa shape index (κ3) is 4.48. The second-order valence-electron chi connectivity index (χ2n) is 6.50. The van der Waals surface area contributed by atoms with Crippen LogP contribution in [0.25, 0.3) is 0 Å². The van der Waals surface area contributed by atoms with Crippen molar-refractivity contribution >= 4 is 31.9 Å². The number of ether oxygens (including phenoxy) is 2. The molecule has 3 rings (SSSR count). The number of rotatable bonds is 6. The van der Waals surface area contributed by atoms with E-state index in [1.807, 2.05) is 26.0 Å². The van der Waals surface area contributed by atoms with E-state index < -0.39 is 15.9 Å². The number of primary sulfonamides is 1. The summed E-state index contributed by atoms with van der Waals surface area (Å²) in [4.78, 5) is 12.5. The average Bonchev–Trinajstić information content (AvgIpc) is 2.98. The molecule has 1 amide bonds. The van der Waals surface area contributed by atoms with Crippen molar-refractivity contribution in [3.63, 3.8) is 0 Å². The molecule has 3 N–H and O–H groups in total. The topological polar surface area (TPSA) is 108 Å². The van der Waals surface area contributed by atoms with E-state index in [0.29, 0.717) is 16.8 Å². The number of nitrogens with two attached hydrogens (primary N) is 1. The summed E-state index contributed by atoms with van der Waals surface area (Å²) in [6, 6.07) is 7.88. The number of hydrogen-bond donors (Lipinski definition) is 2. The van der Waals surface area contributed by atoms with Crippen molar-refractivity contribution in [3.8, 4) is 11.5 Å². The summed E-state index contributed by atoms with van der Waals surface area (Å²) in [5, 5.41) is 7.95. The third-order valence-electron chi connectivity index (χ3n) is 4.33. The van der Waals surface area contributed by atoms with Crippen LogP contribution in [0.2, 0.25) is 0 Å². The Morgan fingerprint density at radius 2 is 2.11 bits per heavy atom. The molecular formula is C19H21BrN2O5S. The first-order valence-corrected chi connectivity index (χ1v) is 11.1. The van der Waals surface area contributed by atoms with E-state index in [4.69, 9.17) is 14.6 Å². The molecule has 1 aliphatic rings. The molecule has 9 heteroatoms. The van der Waals surface area contributed by atoms with Crippen LogP contribution in [0.5, 0.6) is 11.5 Å². The molecule has 1 atom stereocenters. The molecule has 0 spiro atoms. The Bertz CT molecular complexity index is 1020. The van der Waals surface area contributed by atoms with Crippen LogP contribution in [0.15, 0.2) is 39.7 Å². The molecule has 0 fully saturated rings. The number of carbonyl (C=O) groups excluding carboxylic acids is 1. The number of carbonyl (C=O) groups is 1. The van der Waals surface area contributed by atoms with Crippen LogP contribution in [0.3, 0.4) is 0 Å². The van der Waals surface area contributed by atoms with Gasteiger partial charge in [-0.3, -0.25) is 4.79 Å². The van der Waals surface area contributed by atoms with Crippen LogP contribution in [-0.4, -0.2) is 27.0 Å². The van der Waals surface area contributed by atoms with Crippen molar-refractivity contribution in [3.05, 3.63) is 51.5 Å². The second kappa shape index (κ2) is 8.10. The van der Waals surface area contributed by atoms with E-state index in [2.05, 4.69) is 21.2 Å². The lowest BCUT2D eigenvalue weighted by Gasteiger charge is -2.14. The maximum atomic E-state index is 12.6. The van der Waals surface area contributed by atoms with Gasteiger partial charge < -0.3 is 14.8 Å². The van der Waals surface area contributed by atoms with Crippen LogP contribution in [0, 0.1) is 0 Å². The maximum Gasteiger partial charge on any atom is 0.252 e. The molecule has 0 saturated heterocycles. The number of sulfonamides is 1. The molecule has 0 saturated carbocycles. The van der Waals surface area contributed by atoms with Crippen LogP contribution in [-0.2, 0) is 23.0 Å². The molecular weight excluding hydrogens is 448 g/mol. The molecule has 7 nitrogen and oxygen atoms in total. The van der Waals surface area contributed by atoms with Gasteiger partial charge in [0.2, 0.25) is 10.0 Å². The van der Waals surface area contributed by atoms with Gasteiger partial charge in [-0.1, -0.05) is 0 Å². The van der Waals surface area contributed by atoms with E-state index in [9.17, 15) is 13.2 Å². The second-order valence-corrected chi connectivity index (χ2v) is 8.92. The van der Waals surface area contributed by atoms with Crippen LogP contribution in [0.1, 0.15) is 35.3 Å². The predicted molar refractivity (Wildman–Crippen MR) is 108 cm³/mol. The number of fused-ring (bicyclic) bond motifs is 1. The first-order valence-electron chi connectivity index (χ1n) is 8.74. The van der Waals surface area contributed by atoms with Crippen molar-refractivity contribution in [2.24, 2.45) is 5.14 Å². The van der Waals surface area contributed by atoms with Crippen molar-refractivity contribution in [2.45, 2.75) is 37.8 Å². The highest BCUT2D eigenvalue weighted by atomic mass is 79.9. The van der Waals surface area contributed by atoms with Gasteiger partial charge >= 0.3 is 0 Å². The lowest BCUT2D eigenvalue weighted by molar-refractivity contribution is 0.0949. The van der Waals surface area contributed by atoms with Crippen molar-refractivity contribution in [1.29, 1.82) is 0 Å². The first-order chi connectivity index (χ1) is 13.2. The minimum Gasteiger partial charge on any atom is -0.494 e. The van der Waals surface area contributed by atoms with Crippen LogP contribution >= 0.6 is 15.9 Å². The quantitative estimate of drug-likeness (QED) is 0.677. The number of amides is 1. The largest absolute Gasteiger partial charge is 0.494 e. The summed E-state index contributed by atoms with van der Waals surface area (Å²) in [7, 11) is -3.91. The zero-order valence-electron chi connectivity index (χ0n) is 15.5. The molecule has 1 heterocycles. The van der Waals surface area contributed by atoms with Gasteiger partial charge in [0.05, 0.1) is 17.1 Å². The van der Waals surface area contributed by atoms with Gasteiger partial charge in [-0.15, -0.1) is 0 Å². The van der Waals surface area contributed by atoms with E-state index >= 15 is 0 Å².